The van der Waals surface area contributed by atoms with Crippen LogP contribution in [-0.2, 0) is 10.0 Å². The van der Waals surface area contributed by atoms with Crippen molar-refractivity contribution >= 4 is 26.9 Å². The summed E-state index contributed by atoms with van der Waals surface area (Å²) in [6.07, 6.45) is -0.301. The predicted octanol–water partition coefficient (Wildman–Crippen LogP) is 3.29. The molecule has 0 radical (unpaired) electrons. The Bertz CT molecular complexity index is 1170. The molecule has 0 fully saturated rings. The Balaban J connectivity index is 2.37. The summed E-state index contributed by atoms with van der Waals surface area (Å²) < 4.78 is 52.1. The first-order valence-corrected chi connectivity index (χ1v) is 10.3. The van der Waals surface area contributed by atoms with E-state index >= 15 is 0 Å². The number of sulfonamides is 1. The molecule has 2 N–H and O–H groups in total. The van der Waals surface area contributed by atoms with Crippen molar-refractivity contribution in [3.63, 3.8) is 0 Å². The van der Waals surface area contributed by atoms with Crippen LogP contribution in [0.2, 0.25) is 0 Å². The lowest BCUT2D eigenvalue weighted by atomic mass is 10.0. The van der Waals surface area contributed by atoms with Crippen molar-refractivity contribution < 1.29 is 26.8 Å². The van der Waals surface area contributed by atoms with Gasteiger partial charge in [0.05, 0.1) is 11.7 Å². The summed E-state index contributed by atoms with van der Waals surface area (Å²) in [4.78, 5) is 12.5. The molecule has 0 spiro atoms. The van der Waals surface area contributed by atoms with Crippen molar-refractivity contribution in [1.29, 1.82) is 0 Å². The lowest BCUT2D eigenvalue weighted by Crippen LogP contribution is -2.21. The van der Waals surface area contributed by atoms with Crippen LogP contribution in [0.25, 0.3) is 22.3 Å². The molecule has 0 aliphatic rings. The number of nitrogens with one attached hydrogen (secondary N) is 2. The summed E-state index contributed by atoms with van der Waals surface area (Å²) in [6, 6.07) is 8.26. The first kappa shape index (κ1) is 20.8. The number of halogens is 1. The van der Waals surface area contributed by atoms with E-state index in [1.807, 2.05) is 0 Å². The largest absolute Gasteiger partial charge is 0.490 e. The normalized spacial score (nSPS) is 11.8. The Morgan fingerprint density at radius 1 is 1.14 bits per heavy atom. The van der Waals surface area contributed by atoms with Gasteiger partial charge in [-0.3, -0.25) is 4.79 Å². The second kappa shape index (κ2) is 7.84. The van der Waals surface area contributed by atoms with Crippen LogP contribution in [0.3, 0.4) is 0 Å². The van der Waals surface area contributed by atoms with E-state index in [2.05, 4.69) is 10.0 Å². The second-order valence-electron chi connectivity index (χ2n) is 6.56. The van der Waals surface area contributed by atoms with Crippen LogP contribution < -0.4 is 14.8 Å². The van der Waals surface area contributed by atoms with Crippen LogP contribution in [0.1, 0.15) is 24.2 Å². The monoisotopic (exact) mass is 420 g/mol. The summed E-state index contributed by atoms with van der Waals surface area (Å²) in [5.41, 5.74) is 0.870. The smallest absolute Gasteiger partial charge is 0.255 e. The quantitative estimate of drug-likeness (QED) is 0.638. The fourth-order valence-electron chi connectivity index (χ4n) is 2.93. The highest BCUT2D eigenvalue weighted by Crippen LogP contribution is 2.38. The third-order valence-electron chi connectivity index (χ3n) is 4.24. The number of rotatable bonds is 6. The van der Waals surface area contributed by atoms with E-state index < -0.39 is 21.7 Å². The maximum absolute atomic E-state index is 13.3. The molecule has 3 aromatic rings. The van der Waals surface area contributed by atoms with Gasteiger partial charge in [-0.05, 0) is 51.2 Å². The zero-order valence-corrected chi connectivity index (χ0v) is 17.2. The van der Waals surface area contributed by atoms with Gasteiger partial charge in [0.2, 0.25) is 10.0 Å². The molecule has 29 heavy (non-hydrogen) atoms. The molecule has 0 aliphatic heterocycles. The van der Waals surface area contributed by atoms with E-state index in [4.69, 9.17) is 9.15 Å². The number of carbonyl (C=O) groups is 1. The van der Waals surface area contributed by atoms with Gasteiger partial charge in [-0.25, -0.2) is 17.5 Å². The summed E-state index contributed by atoms with van der Waals surface area (Å²) in [5.74, 6) is -0.559. The number of ether oxygens (including phenoxy) is 1. The number of benzene rings is 2. The first-order chi connectivity index (χ1) is 13.7. The Kier molecular flexibility index (Phi) is 5.63. The van der Waals surface area contributed by atoms with Crippen LogP contribution >= 0.6 is 0 Å². The van der Waals surface area contributed by atoms with E-state index in [0.717, 1.165) is 0 Å². The molecule has 9 heteroatoms. The molecule has 1 amide bonds. The molecule has 1 aromatic heterocycles. The van der Waals surface area contributed by atoms with Crippen molar-refractivity contribution in [3.8, 4) is 17.1 Å². The van der Waals surface area contributed by atoms with E-state index in [0.29, 0.717) is 10.9 Å². The number of hydrogen-bond acceptors (Lipinski definition) is 5. The zero-order chi connectivity index (χ0) is 21.3. The van der Waals surface area contributed by atoms with Crippen molar-refractivity contribution in [2.45, 2.75) is 24.8 Å². The van der Waals surface area contributed by atoms with Gasteiger partial charge >= 0.3 is 0 Å². The van der Waals surface area contributed by atoms with E-state index in [-0.39, 0.29) is 33.7 Å². The number of fused-ring (bicyclic) bond motifs is 1. The second-order valence-corrected chi connectivity index (χ2v) is 8.42. The molecular formula is C20H21FN2O5S. The van der Waals surface area contributed by atoms with Gasteiger partial charge in [-0.2, -0.15) is 0 Å². The molecule has 3 rings (SSSR count). The number of hydrogen-bond donors (Lipinski definition) is 2. The van der Waals surface area contributed by atoms with Gasteiger partial charge in [0.15, 0.2) is 0 Å². The first-order valence-electron chi connectivity index (χ1n) is 8.86. The van der Waals surface area contributed by atoms with Gasteiger partial charge in [-0.15, -0.1) is 0 Å². The highest BCUT2D eigenvalue weighted by molar-refractivity contribution is 7.89. The molecular weight excluding hydrogens is 399 g/mol. The minimum absolute atomic E-state index is 0.0958. The maximum atomic E-state index is 13.3. The van der Waals surface area contributed by atoms with Gasteiger partial charge in [-0.1, -0.05) is 0 Å². The molecule has 0 aliphatic carbocycles. The predicted molar refractivity (Wildman–Crippen MR) is 107 cm³/mol. The molecule has 0 saturated carbocycles. The molecule has 0 bridgehead atoms. The van der Waals surface area contributed by atoms with Crippen molar-refractivity contribution in [1.82, 2.24) is 10.0 Å². The van der Waals surface area contributed by atoms with Crippen molar-refractivity contribution in [3.05, 3.63) is 47.8 Å². The number of amides is 1. The Morgan fingerprint density at radius 2 is 1.79 bits per heavy atom. The summed E-state index contributed by atoms with van der Waals surface area (Å²) >= 11 is 0. The molecule has 0 unspecified atom stereocenters. The highest BCUT2D eigenvalue weighted by atomic mass is 32.2. The van der Waals surface area contributed by atoms with Crippen LogP contribution in [0.4, 0.5) is 4.39 Å². The van der Waals surface area contributed by atoms with Crippen LogP contribution in [-0.4, -0.2) is 34.5 Å². The zero-order valence-electron chi connectivity index (χ0n) is 16.4. The third-order valence-corrected chi connectivity index (χ3v) is 5.67. The standard InChI is InChI=1S/C20H21FN2O5S/c1-11(2)27-16-9-14-15(10-17(16)29(25,26)23-4)28-19(18(14)20(24)22-3)12-5-7-13(21)8-6-12/h5-11,23H,1-4H3,(H,22,24). The van der Waals surface area contributed by atoms with Gasteiger partial charge in [0.1, 0.15) is 27.8 Å². The van der Waals surface area contributed by atoms with Crippen molar-refractivity contribution in [2.24, 2.45) is 0 Å². The van der Waals surface area contributed by atoms with Gasteiger partial charge < -0.3 is 14.5 Å². The van der Waals surface area contributed by atoms with Gasteiger partial charge in [0, 0.05) is 24.1 Å². The summed E-state index contributed by atoms with van der Waals surface area (Å²) in [7, 11) is -1.09. The molecule has 2 aromatic carbocycles. The van der Waals surface area contributed by atoms with Crippen LogP contribution in [0.15, 0.2) is 45.7 Å². The lowest BCUT2D eigenvalue weighted by Gasteiger charge is -2.14. The minimum atomic E-state index is -3.85. The van der Waals surface area contributed by atoms with Gasteiger partial charge in [0.25, 0.3) is 5.91 Å². The fourth-order valence-corrected chi connectivity index (χ4v) is 3.78. The Labute approximate surface area is 167 Å². The van der Waals surface area contributed by atoms with Crippen molar-refractivity contribution in [2.75, 3.05) is 14.1 Å². The third kappa shape index (κ3) is 3.96. The number of furan rings is 1. The molecule has 0 atom stereocenters. The Hall–Kier alpha value is -2.91. The van der Waals surface area contributed by atoms with E-state index in [1.54, 1.807) is 13.8 Å². The maximum Gasteiger partial charge on any atom is 0.255 e. The average Bonchev–Trinajstić information content (AvgIpc) is 3.05. The van der Waals surface area contributed by atoms with Crippen LogP contribution in [0, 0.1) is 5.82 Å². The molecule has 0 saturated heterocycles. The molecule has 154 valence electrons. The number of carbonyl (C=O) groups excluding carboxylic acids is 1. The highest BCUT2D eigenvalue weighted by Gasteiger charge is 2.27. The molecule has 1 heterocycles. The Morgan fingerprint density at radius 3 is 2.34 bits per heavy atom. The topological polar surface area (TPSA) is 97.6 Å². The summed E-state index contributed by atoms with van der Waals surface area (Å²) in [5, 5.41) is 2.94. The minimum Gasteiger partial charge on any atom is -0.490 e. The van der Waals surface area contributed by atoms with E-state index in [1.165, 1.54) is 50.5 Å². The van der Waals surface area contributed by atoms with E-state index in [9.17, 15) is 17.6 Å². The summed E-state index contributed by atoms with van der Waals surface area (Å²) in [6.45, 7) is 3.53. The molecule has 7 nitrogen and oxygen atoms in total. The average molecular weight is 420 g/mol. The fraction of sp³-hybridized carbons (Fsp3) is 0.250. The van der Waals surface area contributed by atoms with Crippen LogP contribution in [0.5, 0.6) is 5.75 Å². The lowest BCUT2D eigenvalue weighted by molar-refractivity contribution is 0.0964. The SMILES string of the molecule is CNC(=O)c1c(-c2ccc(F)cc2)oc2cc(S(=O)(=O)NC)c(OC(C)C)cc12.